The second-order valence-electron chi connectivity index (χ2n) is 12.5. The normalized spacial score (nSPS) is 49.4. The topological polar surface area (TPSA) is 60.7 Å². The highest BCUT2D eigenvalue weighted by atomic mass is 16.3. The van der Waals surface area contributed by atoms with Crippen molar-refractivity contribution in [2.45, 2.75) is 104 Å². The molecule has 4 aliphatic carbocycles. The van der Waals surface area contributed by atoms with Crippen LogP contribution in [0.25, 0.3) is 0 Å². The highest BCUT2D eigenvalue weighted by Crippen LogP contribution is 2.67. The highest BCUT2D eigenvalue weighted by Gasteiger charge is 2.64. The molecule has 0 aliphatic heterocycles. The van der Waals surface area contributed by atoms with Gasteiger partial charge < -0.3 is 15.3 Å². The monoisotopic (exact) mass is 430 g/mol. The number of fused-ring (bicyclic) bond motifs is 5. The summed E-state index contributed by atoms with van der Waals surface area (Å²) in [6.45, 7) is 14.0. The lowest BCUT2D eigenvalue weighted by atomic mass is 9.45. The van der Waals surface area contributed by atoms with Gasteiger partial charge in [0.1, 0.15) is 11.7 Å². The van der Waals surface area contributed by atoms with E-state index >= 15 is 0 Å². The molecule has 0 spiro atoms. The van der Waals surface area contributed by atoms with Crippen molar-refractivity contribution in [2.75, 3.05) is 0 Å². The van der Waals surface area contributed by atoms with Crippen LogP contribution in [-0.2, 0) is 0 Å². The molecular formula is C28H46O3. The molecule has 10 atom stereocenters. The lowest BCUT2D eigenvalue weighted by Crippen LogP contribution is -2.65. The Hall–Kier alpha value is -0.640. The predicted molar refractivity (Wildman–Crippen MR) is 126 cm³/mol. The number of hydrogen-bond acceptors (Lipinski definition) is 3. The minimum atomic E-state index is -1.20. The van der Waals surface area contributed by atoms with E-state index in [0.29, 0.717) is 41.9 Å². The number of hydrogen-bond donors (Lipinski definition) is 3. The molecule has 0 heterocycles. The molecule has 0 aromatic carbocycles. The first kappa shape index (κ1) is 23.5. The van der Waals surface area contributed by atoms with Crippen LogP contribution < -0.4 is 0 Å². The first-order valence-corrected chi connectivity index (χ1v) is 12.9. The van der Waals surface area contributed by atoms with Crippen molar-refractivity contribution < 1.29 is 15.3 Å². The highest BCUT2D eigenvalue weighted by molar-refractivity contribution is 5.33. The summed E-state index contributed by atoms with van der Waals surface area (Å²) in [6, 6.07) is 0. The molecule has 176 valence electrons. The Morgan fingerprint density at radius 3 is 2.32 bits per heavy atom. The van der Waals surface area contributed by atoms with Crippen LogP contribution in [0.5, 0.6) is 0 Å². The number of allylic oxidation sites excluding steroid dienone is 3. The van der Waals surface area contributed by atoms with Gasteiger partial charge in [0.15, 0.2) is 0 Å². The summed E-state index contributed by atoms with van der Waals surface area (Å²) in [7, 11) is 0. The average Bonchev–Trinajstić information content (AvgIpc) is 3.05. The van der Waals surface area contributed by atoms with Gasteiger partial charge in [-0.05, 0) is 79.4 Å². The van der Waals surface area contributed by atoms with E-state index in [9.17, 15) is 15.3 Å². The Bertz CT molecular complexity index is 741. The number of rotatable bonds is 4. The van der Waals surface area contributed by atoms with E-state index in [1.807, 2.05) is 6.08 Å². The van der Waals surface area contributed by atoms with Gasteiger partial charge in [0, 0.05) is 11.8 Å². The van der Waals surface area contributed by atoms with Gasteiger partial charge in [0.05, 0.1) is 6.10 Å². The predicted octanol–water partition coefficient (Wildman–Crippen LogP) is 5.50. The van der Waals surface area contributed by atoms with Crippen molar-refractivity contribution in [3.8, 4) is 0 Å². The van der Waals surface area contributed by atoms with Crippen LogP contribution in [0.15, 0.2) is 23.8 Å². The Labute approximate surface area is 190 Å². The quantitative estimate of drug-likeness (QED) is 0.516. The molecule has 3 fully saturated rings. The Kier molecular flexibility index (Phi) is 6.06. The summed E-state index contributed by atoms with van der Waals surface area (Å²) in [6.07, 6.45) is 12.1. The van der Waals surface area contributed by atoms with Crippen molar-refractivity contribution in [3.63, 3.8) is 0 Å². The molecule has 3 heteroatoms. The van der Waals surface area contributed by atoms with Gasteiger partial charge in [-0.2, -0.15) is 0 Å². The third-order valence-corrected chi connectivity index (χ3v) is 10.7. The van der Waals surface area contributed by atoms with E-state index < -0.39 is 17.8 Å². The van der Waals surface area contributed by atoms with E-state index in [0.717, 1.165) is 19.3 Å². The zero-order chi connectivity index (χ0) is 22.8. The molecule has 3 saturated carbocycles. The Morgan fingerprint density at radius 2 is 1.65 bits per heavy atom. The van der Waals surface area contributed by atoms with Crippen LogP contribution in [0.2, 0.25) is 0 Å². The van der Waals surface area contributed by atoms with Crippen molar-refractivity contribution in [1.82, 2.24) is 0 Å². The van der Waals surface area contributed by atoms with E-state index in [1.165, 1.54) is 24.8 Å². The summed E-state index contributed by atoms with van der Waals surface area (Å²) in [5, 5.41) is 32.9. The number of aliphatic hydroxyl groups is 3. The fourth-order valence-corrected chi connectivity index (χ4v) is 8.16. The third-order valence-electron chi connectivity index (χ3n) is 10.7. The molecule has 0 amide bonds. The zero-order valence-corrected chi connectivity index (χ0v) is 20.6. The van der Waals surface area contributed by atoms with Gasteiger partial charge >= 0.3 is 0 Å². The summed E-state index contributed by atoms with van der Waals surface area (Å²) in [4.78, 5) is 0. The van der Waals surface area contributed by atoms with Gasteiger partial charge in [-0.15, -0.1) is 0 Å². The Morgan fingerprint density at radius 1 is 0.935 bits per heavy atom. The first-order chi connectivity index (χ1) is 14.4. The maximum absolute atomic E-state index is 11.6. The second-order valence-corrected chi connectivity index (χ2v) is 12.5. The SMILES string of the molecule is CC(C)[C@@H](C)/C=C/[C@@H](C)[C@H]1CC[C@H]2C3=C[C@@H](O)[C@]4(O)C[C@@H](O)CC[C@]4(C)[C@H]3CC[C@]12C. The van der Waals surface area contributed by atoms with Crippen LogP contribution in [0.1, 0.15) is 86.5 Å². The van der Waals surface area contributed by atoms with Crippen LogP contribution in [-0.4, -0.2) is 33.1 Å². The fraction of sp³-hybridized carbons (Fsp3) is 0.857. The van der Waals surface area contributed by atoms with Crippen molar-refractivity contribution in [1.29, 1.82) is 0 Å². The van der Waals surface area contributed by atoms with Crippen LogP contribution in [0.4, 0.5) is 0 Å². The summed E-state index contributed by atoms with van der Waals surface area (Å²) < 4.78 is 0. The third kappa shape index (κ3) is 3.49. The molecule has 0 unspecified atom stereocenters. The Balaban J connectivity index is 1.61. The van der Waals surface area contributed by atoms with Gasteiger partial charge in [-0.3, -0.25) is 0 Å². The molecule has 0 bridgehead atoms. The molecule has 3 N–H and O–H groups in total. The van der Waals surface area contributed by atoms with E-state index in [2.05, 4.69) is 53.7 Å². The maximum atomic E-state index is 11.6. The molecular weight excluding hydrogens is 384 g/mol. The van der Waals surface area contributed by atoms with Crippen molar-refractivity contribution in [3.05, 3.63) is 23.8 Å². The molecule has 3 nitrogen and oxygen atoms in total. The van der Waals surface area contributed by atoms with Gasteiger partial charge in [0.2, 0.25) is 0 Å². The lowest BCUT2D eigenvalue weighted by molar-refractivity contribution is -0.210. The molecule has 0 saturated heterocycles. The molecule has 4 rings (SSSR count). The van der Waals surface area contributed by atoms with Crippen LogP contribution >= 0.6 is 0 Å². The van der Waals surface area contributed by atoms with Gasteiger partial charge in [-0.1, -0.05) is 65.3 Å². The molecule has 0 aromatic heterocycles. The smallest absolute Gasteiger partial charge is 0.102 e. The van der Waals surface area contributed by atoms with Crippen molar-refractivity contribution in [2.24, 2.45) is 46.3 Å². The molecule has 4 aliphatic rings. The van der Waals surface area contributed by atoms with Gasteiger partial charge in [0.25, 0.3) is 0 Å². The minimum absolute atomic E-state index is 0.271. The zero-order valence-electron chi connectivity index (χ0n) is 20.6. The summed E-state index contributed by atoms with van der Waals surface area (Å²) in [5.74, 6) is 3.37. The molecule has 0 radical (unpaired) electrons. The first-order valence-electron chi connectivity index (χ1n) is 12.9. The summed E-state index contributed by atoms with van der Waals surface area (Å²) >= 11 is 0. The van der Waals surface area contributed by atoms with E-state index in [-0.39, 0.29) is 10.8 Å². The molecule has 0 aromatic rings. The standard InChI is InChI=1S/C28H46O3/c1-17(2)18(3)7-8-19(4)22-9-10-23-21-15-25(30)28(31)16-20(29)11-14-27(28,6)24(21)12-13-26(22,23)5/h7-8,15,17-20,22-25,29-31H,9-14,16H2,1-6H3/b8-7+/t18-,19+,20-,22+,23-,24-,25+,26+,27+,28+/m0/s1. The van der Waals surface area contributed by atoms with E-state index in [4.69, 9.17) is 0 Å². The fourth-order valence-electron chi connectivity index (χ4n) is 8.16. The second kappa shape index (κ2) is 7.99. The average molecular weight is 431 g/mol. The van der Waals surface area contributed by atoms with Crippen LogP contribution in [0.3, 0.4) is 0 Å². The summed E-state index contributed by atoms with van der Waals surface area (Å²) in [5.41, 5.74) is 0.160. The maximum Gasteiger partial charge on any atom is 0.102 e. The number of aliphatic hydroxyl groups excluding tert-OH is 2. The molecule has 31 heavy (non-hydrogen) atoms. The van der Waals surface area contributed by atoms with Crippen molar-refractivity contribution >= 4 is 0 Å². The largest absolute Gasteiger partial charge is 0.393 e. The van der Waals surface area contributed by atoms with Crippen LogP contribution in [0, 0.1) is 46.3 Å². The lowest BCUT2D eigenvalue weighted by Gasteiger charge is -2.62. The van der Waals surface area contributed by atoms with E-state index in [1.54, 1.807) is 0 Å². The minimum Gasteiger partial charge on any atom is -0.393 e. The van der Waals surface area contributed by atoms with Gasteiger partial charge in [-0.25, -0.2) is 0 Å².